The van der Waals surface area contributed by atoms with Crippen LogP contribution in [0.2, 0.25) is 0 Å². The van der Waals surface area contributed by atoms with Crippen molar-refractivity contribution in [2.45, 2.75) is 39.3 Å². The molecule has 0 unspecified atom stereocenters. The highest BCUT2D eigenvalue weighted by molar-refractivity contribution is 5.92. The number of nitrogens with zero attached hydrogens (tertiary/aromatic N) is 2. The lowest BCUT2D eigenvalue weighted by Crippen LogP contribution is -2.36. The first-order valence-electron chi connectivity index (χ1n) is 7.75. The van der Waals surface area contributed by atoms with E-state index in [1.165, 1.54) is 12.1 Å². The monoisotopic (exact) mass is 319 g/mol. The number of carbonyl (C=O) groups is 1. The van der Waals surface area contributed by atoms with Crippen LogP contribution < -0.4 is 4.74 Å². The molecule has 0 saturated heterocycles. The summed E-state index contributed by atoms with van der Waals surface area (Å²) in [5, 5.41) is 6.83. The lowest BCUT2D eigenvalue weighted by molar-refractivity contribution is 0.0717. The average Bonchev–Trinajstić information content (AvgIpc) is 3.02. The Hall–Kier alpha value is -2.37. The number of amides is 1. The van der Waals surface area contributed by atoms with Gasteiger partial charge in [0.1, 0.15) is 18.2 Å². The van der Waals surface area contributed by atoms with Gasteiger partial charge in [0, 0.05) is 19.2 Å². The second-order valence-electron chi connectivity index (χ2n) is 5.41. The molecule has 1 aromatic heterocycles. The molecule has 1 N–H and O–H groups in total. The molecule has 1 heterocycles. The van der Waals surface area contributed by atoms with Gasteiger partial charge in [-0.1, -0.05) is 19.9 Å². The van der Waals surface area contributed by atoms with Crippen molar-refractivity contribution < 1.29 is 13.9 Å². The van der Waals surface area contributed by atoms with Crippen LogP contribution in [0.15, 0.2) is 30.3 Å². The number of ether oxygens (including phenoxy) is 1. The summed E-state index contributed by atoms with van der Waals surface area (Å²) in [5.41, 5.74) is 1.02. The fraction of sp³-hybridized carbons (Fsp3) is 0.412. The molecule has 0 radical (unpaired) electrons. The van der Waals surface area contributed by atoms with Crippen LogP contribution in [-0.4, -0.2) is 34.1 Å². The molecular weight excluding hydrogens is 297 g/mol. The Labute approximate surface area is 135 Å². The molecule has 0 bridgehead atoms. The Morgan fingerprint density at radius 1 is 1.35 bits per heavy atom. The van der Waals surface area contributed by atoms with E-state index in [1.807, 2.05) is 0 Å². The van der Waals surface area contributed by atoms with Gasteiger partial charge in [-0.25, -0.2) is 4.39 Å². The van der Waals surface area contributed by atoms with Crippen LogP contribution in [0.1, 0.15) is 42.9 Å². The van der Waals surface area contributed by atoms with Crippen molar-refractivity contribution >= 4 is 5.91 Å². The zero-order valence-electron chi connectivity index (χ0n) is 13.7. The minimum Gasteiger partial charge on any atom is -0.487 e. The third kappa shape index (κ3) is 4.31. The van der Waals surface area contributed by atoms with Crippen molar-refractivity contribution in [1.29, 1.82) is 0 Å². The van der Waals surface area contributed by atoms with Crippen LogP contribution in [0.25, 0.3) is 0 Å². The van der Waals surface area contributed by atoms with Gasteiger partial charge < -0.3 is 9.64 Å². The van der Waals surface area contributed by atoms with E-state index in [1.54, 1.807) is 30.1 Å². The van der Waals surface area contributed by atoms with Crippen molar-refractivity contribution in [2.24, 2.45) is 0 Å². The smallest absolute Gasteiger partial charge is 0.274 e. The first-order chi connectivity index (χ1) is 11.0. The van der Waals surface area contributed by atoms with Gasteiger partial charge >= 0.3 is 0 Å². The number of hydrogen-bond acceptors (Lipinski definition) is 3. The summed E-state index contributed by atoms with van der Waals surface area (Å²) in [6.45, 7) is 4.31. The van der Waals surface area contributed by atoms with E-state index in [4.69, 9.17) is 4.74 Å². The predicted molar refractivity (Wildman–Crippen MR) is 85.8 cm³/mol. The normalized spacial score (nSPS) is 10.8. The Morgan fingerprint density at radius 2 is 2.09 bits per heavy atom. The Balaban J connectivity index is 1.98. The molecule has 0 atom stereocenters. The van der Waals surface area contributed by atoms with E-state index in [0.29, 0.717) is 17.1 Å². The van der Waals surface area contributed by atoms with E-state index in [-0.39, 0.29) is 24.4 Å². The standard InChI is InChI=1S/C17H22FN3O2/c1-4-14(5-2)21(3)17(22)16-10-13(19-20-16)11-23-15-8-6-7-12(18)9-15/h6-10,14H,4-5,11H2,1-3H3,(H,19,20). The highest BCUT2D eigenvalue weighted by Gasteiger charge is 2.20. The van der Waals surface area contributed by atoms with Gasteiger partial charge in [0.05, 0.1) is 5.69 Å². The maximum Gasteiger partial charge on any atom is 0.274 e. The topological polar surface area (TPSA) is 58.2 Å². The minimum absolute atomic E-state index is 0.119. The van der Waals surface area contributed by atoms with Crippen molar-refractivity contribution in [2.75, 3.05) is 7.05 Å². The van der Waals surface area contributed by atoms with Crippen LogP contribution >= 0.6 is 0 Å². The van der Waals surface area contributed by atoms with Crippen molar-refractivity contribution in [3.05, 3.63) is 47.5 Å². The van der Waals surface area contributed by atoms with Gasteiger partial charge in [0.15, 0.2) is 5.69 Å². The maximum atomic E-state index is 13.1. The largest absolute Gasteiger partial charge is 0.487 e. The molecule has 0 aliphatic rings. The van der Waals surface area contributed by atoms with Crippen LogP contribution in [0.5, 0.6) is 5.75 Å². The molecular formula is C17H22FN3O2. The van der Waals surface area contributed by atoms with Crippen molar-refractivity contribution in [1.82, 2.24) is 15.1 Å². The second kappa shape index (κ2) is 7.76. The summed E-state index contributed by atoms with van der Waals surface area (Å²) in [7, 11) is 1.79. The van der Waals surface area contributed by atoms with Crippen molar-refractivity contribution in [3.8, 4) is 5.75 Å². The van der Waals surface area contributed by atoms with Crippen molar-refractivity contribution in [3.63, 3.8) is 0 Å². The number of aromatic nitrogens is 2. The predicted octanol–water partition coefficient (Wildman–Crippen LogP) is 3.39. The number of hydrogen-bond donors (Lipinski definition) is 1. The van der Waals surface area contributed by atoms with Gasteiger partial charge in [-0.2, -0.15) is 5.10 Å². The molecule has 2 rings (SSSR count). The first kappa shape index (κ1) is 17.0. The Bertz CT molecular complexity index is 653. The van der Waals surface area contributed by atoms with Gasteiger partial charge in [-0.3, -0.25) is 9.89 Å². The fourth-order valence-electron chi connectivity index (χ4n) is 2.45. The molecule has 23 heavy (non-hydrogen) atoms. The molecule has 5 nitrogen and oxygen atoms in total. The van der Waals surface area contributed by atoms with Crippen LogP contribution in [-0.2, 0) is 6.61 Å². The van der Waals surface area contributed by atoms with Gasteiger partial charge in [-0.15, -0.1) is 0 Å². The quantitative estimate of drug-likeness (QED) is 0.851. The number of aromatic amines is 1. The van der Waals surface area contributed by atoms with E-state index in [0.717, 1.165) is 12.8 Å². The molecule has 124 valence electrons. The lowest BCUT2D eigenvalue weighted by Gasteiger charge is -2.25. The van der Waals surface area contributed by atoms with Gasteiger partial charge in [-0.05, 0) is 31.0 Å². The number of H-pyrrole nitrogens is 1. The number of nitrogens with one attached hydrogen (secondary N) is 1. The maximum absolute atomic E-state index is 13.1. The summed E-state index contributed by atoms with van der Waals surface area (Å²) in [4.78, 5) is 14.1. The van der Waals surface area contributed by atoms with E-state index in [2.05, 4.69) is 24.0 Å². The molecule has 0 fully saturated rings. The number of rotatable bonds is 7. The molecule has 2 aromatic rings. The number of halogens is 1. The highest BCUT2D eigenvalue weighted by atomic mass is 19.1. The number of carbonyl (C=O) groups excluding carboxylic acids is 1. The van der Waals surface area contributed by atoms with E-state index in [9.17, 15) is 9.18 Å². The lowest BCUT2D eigenvalue weighted by atomic mass is 10.1. The third-order valence-electron chi connectivity index (χ3n) is 3.85. The molecule has 0 aliphatic carbocycles. The second-order valence-corrected chi connectivity index (χ2v) is 5.41. The van der Waals surface area contributed by atoms with Crippen LogP contribution in [0.4, 0.5) is 4.39 Å². The van der Waals surface area contributed by atoms with E-state index < -0.39 is 0 Å². The van der Waals surface area contributed by atoms with E-state index >= 15 is 0 Å². The molecule has 0 aliphatic heterocycles. The molecule has 0 saturated carbocycles. The molecule has 0 spiro atoms. The zero-order valence-corrected chi connectivity index (χ0v) is 13.7. The third-order valence-corrected chi connectivity index (χ3v) is 3.85. The fourth-order valence-corrected chi connectivity index (χ4v) is 2.45. The average molecular weight is 319 g/mol. The highest BCUT2D eigenvalue weighted by Crippen LogP contribution is 2.15. The SMILES string of the molecule is CCC(CC)N(C)C(=O)c1cc(COc2cccc(F)c2)[nH]n1. The van der Waals surface area contributed by atoms with Gasteiger partial charge in [0.25, 0.3) is 5.91 Å². The molecule has 6 heteroatoms. The van der Waals surface area contributed by atoms with Crippen LogP contribution in [0.3, 0.4) is 0 Å². The molecule has 1 aromatic carbocycles. The van der Waals surface area contributed by atoms with Crippen LogP contribution in [0, 0.1) is 5.82 Å². The summed E-state index contributed by atoms with van der Waals surface area (Å²) >= 11 is 0. The minimum atomic E-state index is -0.352. The van der Waals surface area contributed by atoms with Gasteiger partial charge in [0.2, 0.25) is 0 Å². The first-order valence-corrected chi connectivity index (χ1v) is 7.75. The summed E-state index contributed by atoms with van der Waals surface area (Å²) < 4.78 is 18.6. The summed E-state index contributed by atoms with van der Waals surface area (Å²) in [6, 6.07) is 7.78. The molecule has 1 amide bonds. The summed E-state index contributed by atoms with van der Waals surface area (Å²) in [6.07, 6.45) is 1.80. The summed E-state index contributed by atoms with van der Waals surface area (Å²) in [5.74, 6) is -0.0386. The Morgan fingerprint density at radius 3 is 2.74 bits per heavy atom. The Kier molecular flexibility index (Phi) is 5.73. The zero-order chi connectivity index (χ0) is 16.8. The number of benzene rings is 1.